The second-order valence-corrected chi connectivity index (χ2v) is 7.07. The van der Waals surface area contributed by atoms with E-state index in [0.717, 1.165) is 28.1 Å². The predicted molar refractivity (Wildman–Crippen MR) is 119 cm³/mol. The molecule has 0 radical (unpaired) electrons. The van der Waals surface area contributed by atoms with Crippen molar-refractivity contribution in [3.05, 3.63) is 89.0 Å². The van der Waals surface area contributed by atoms with Crippen LogP contribution in [-0.4, -0.2) is 18.4 Å². The van der Waals surface area contributed by atoms with Crippen molar-refractivity contribution in [1.29, 1.82) is 0 Å². The average molecular weight is 387 g/mol. The summed E-state index contributed by atoms with van der Waals surface area (Å²) in [6.07, 6.45) is 0. The van der Waals surface area contributed by atoms with Crippen LogP contribution in [0, 0.1) is 20.8 Å². The molecule has 0 aromatic heterocycles. The quantitative estimate of drug-likeness (QED) is 0.562. The molecule has 3 aromatic rings. The van der Waals surface area contributed by atoms with Gasteiger partial charge in [0, 0.05) is 22.6 Å². The summed E-state index contributed by atoms with van der Waals surface area (Å²) in [5.41, 5.74) is 6.04. The zero-order valence-electron chi connectivity index (χ0n) is 16.9. The van der Waals surface area contributed by atoms with Crippen molar-refractivity contribution in [3.8, 4) is 0 Å². The molecule has 0 aliphatic heterocycles. The average Bonchev–Trinajstić information content (AvgIpc) is 2.71. The molecule has 0 bridgehead atoms. The van der Waals surface area contributed by atoms with Crippen molar-refractivity contribution in [2.24, 2.45) is 0 Å². The summed E-state index contributed by atoms with van der Waals surface area (Å²) in [6.45, 7) is 6.07. The maximum Gasteiger partial charge on any atom is 0.255 e. The Labute approximate surface area is 171 Å². The normalized spacial score (nSPS) is 10.3. The smallest absolute Gasteiger partial charge is 0.255 e. The van der Waals surface area contributed by atoms with E-state index in [0.29, 0.717) is 11.3 Å². The number of hydrogen-bond donors (Lipinski definition) is 3. The summed E-state index contributed by atoms with van der Waals surface area (Å²) in [6, 6.07) is 20.5. The van der Waals surface area contributed by atoms with Crippen molar-refractivity contribution >= 4 is 28.9 Å². The molecular formula is C24H25N3O2. The van der Waals surface area contributed by atoms with E-state index in [9.17, 15) is 9.59 Å². The van der Waals surface area contributed by atoms with Crippen LogP contribution in [0.25, 0.3) is 0 Å². The molecule has 3 aromatic carbocycles. The maximum atomic E-state index is 12.3. The third-order valence-electron chi connectivity index (χ3n) is 4.63. The van der Waals surface area contributed by atoms with Gasteiger partial charge in [-0.2, -0.15) is 0 Å². The van der Waals surface area contributed by atoms with Gasteiger partial charge >= 0.3 is 0 Å². The van der Waals surface area contributed by atoms with Crippen LogP contribution in [0.5, 0.6) is 0 Å². The number of aryl methyl sites for hydroxylation is 3. The number of amides is 2. The van der Waals surface area contributed by atoms with Gasteiger partial charge in [0.1, 0.15) is 0 Å². The highest BCUT2D eigenvalue weighted by molar-refractivity contribution is 6.04. The van der Waals surface area contributed by atoms with E-state index in [2.05, 4.69) is 16.0 Å². The van der Waals surface area contributed by atoms with Gasteiger partial charge in [-0.05, 0) is 62.2 Å². The number of anilines is 3. The summed E-state index contributed by atoms with van der Waals surface area (Å²) in [7, 11) is 0. The molecule has 5 nitrogen and oxygen atoms in total. The maximum absolute atomic E-state index is 12.3. The van der Waals surface area contributed by atoms with E-state index in [1.807, 2.05) is 75.4 Å². The molecule has 0 aliphatic carbocycles. The van der Waals surface area contributed by atoms with Gasteiger partial charge in [0.15, 0.2) is 0 Å². The Bertz CT molecular complexity index is 1030. The Morgan fingerprint density at radius 2 is 1.52 bits per heavy atom. The Kier molecular flexibility index (Phi) is 6.29. The molecule has 0 heterocycles. The van der Waals surface area contributed by atoms with E-state index in [1.165, 1.54) is 0 Å². The largest absolute Gasteiger partial charge is 0.376 e. The SMILES string of the molecule is Cc1ccc(NC(=O)CNc2cc(NC(=O)c3ccccc3)ccc2C)c(C)c1. The van der Waals surface area contributed by atoms with Crippen LogP contribution in [0.4, 0.5) is 17.1 Å². The minimum Gasteiger partial charge on any atom is -0.376 e. The molecule has 0 unspecified atom stereocenters. The first-order chi connectivity index (χ1) is 13.9. The number of carbonyl (C=O) groups excluding carboxylic acids is 2. The molecule has 5 heteroatoms. The monoisotopic (exact) mass is 387 g/mol. The number of benzene rings is 3. The fourth-order valence-corrected chi connectivity index (χ4v) is 3.01. The summed E-state index contributed by atoms with van der Waals surface area (Å²) in [5.74, 6) is -0.303. The first-order valence-corrected chi connectivity index (χ1v) is 9.50. The van der Waals surface area contributed by atoms with Gasteiger partial charge in [-0.3, -0.25) is 9.59 Å². The second kappa shape index (κ2) is 9.06. The predicted octanol–water partition coefficient (Wildman–Crippen LogP) is 4.91. The minimum atomic E-state index is -0.173. The molecule has 2 amide bonds. The highest BCUT2D eigenvalue weighted by Crippen LogP contribution is 2.21. The topological polar surface area (TPSA) is 70.2 Å². The fraction of sp³-hybridized carbons (Fsp3) is 0.167. The van der Waals surface area contributed by atoms with Gasteiger partial charge in [0.25, 0.3) is 5.91 Å². The van der Waals surface area contributed by atoms with Crippen molar-refractivity contribution in [2.75, 3.05) is 22.5 Å². The summed E-state index contributed by atoms with van der Waals surface area (Å²) < 4.78 is 0. The van der Waals surface area contributed by atoms with Crippen LogP contribution in [-0.2, 0) is 4.79 Å². The van der Waals surface area contributed by atoms with Crippen molar-refractivity contribution in [2.45, 2.75) is 20.8 Å². The standard InChI is InChI=1S/C24H25N3O2/c1-16-9-12-21(18(3)13-16)27-23(28)15-25-22-14-20(11-10-17(22)2)26-24(29)19-7-5-4-6-8-19/h4-14,25H,15H2,1-3H3,(H,26,29)(H,27,28). The van der Waals surface area contributed by atoms with Crippen molar-refractivity contribution in [1.82, 2.24) is 0 Å². The summed E-state index contributed by atoms with van der Waals surface area (Å²) >= 11 is 0. The molecule has 0 spiro atoms. The van der Waals surface area contributed by atoms with Gasteiger partial charge in [-0.15, -0.1) is 0 Å². The number of hydrogen-bond acceptors (Lipinski definition) is 3. The van der Waals surface area contributed by atoms with Gasteiger partial charge in [0.05, 0.1) is 6.54 Å². The fourth-order valence-electron chi connectivity index (χ4n) is 3.01. The molecule has 3 N–H and O–H groups in total. The van der Waals surface area contributed by atoms with E-state index in [1.54, 1.807) is 12.1 Å². The van der Waals surface area contributed by atoms with Gasteiger partial charge < -0.3 is 16.0 Å². The Morgan fingerprint density at radius 3 is 2.24 bits per heavy atom. The van der Waals surface area contributed by atoms with Crippen LogP contribution >= 0.6 is 0 Å². The van der Waals surface area contributed by atoms with Crippen LogP contribution in [0.15, 0.2) is 66.7 Å². The molecule has 0 saturated heterocycles. The molecule has 0 saturated carbocycles. The lowest BCUT2D eigenvalue weighted by atomic mass is 10.1. The van der Waals surface area contributed by atoms with E-state index in [4.69, 9.17) is 0 Å². The molecule has 3 rings (SSSR count). The van der Waals surface area contributed by atoms with Crippen LogP contribution in [0.3, 0.4) is 0 Å². The Morgan fingerprint density at radius 1 is 0.759 bits per heavy atom. The molecular weight excluding hydrogens is 362 g/mol. The number of carbonyl (C=O) groups is 2. The number of rotatable bonds is 6. The zero-order chi connectivity index (χ0) is 20.8. The molecule has 0 atom stereocenters. The van der Waals surface area contributed by atoms with Crippen molar-refractivity contribution < 1.29 is 9.59 Å². The van der Waals surface area contributed by atoms with Crippen LogP contribution in [0.1, 0.15) is 27.0 Å². The van der Waals surface area contributed by atoms with E-state index >= 15 is 0 Å². The third-order valence-corrected chi connectivity index (χ3v) is 4.63. The zero-order valence-corrected chi connectivity index (χ0v) is 16.9. The first kappa shape index (κ1) is 20.1. The molecule has 29 heavy (non-hydrogen) atoms. The summed E-state index contributed by atoms with van der Waals surface area (Å²) in [5, 5.41) is 8.96. The number of nitrogens with one attached hydrogen (secondary N) is 3. The van der Waals surface area contributed by atoms with Gasteiger partial charge in [0.2, 0.25) is 5.91 Å². The third kappa shape index (κ3) is 5.45. The molecule has 0 fully saturated rings. The van der Waals surface area contributed by atoms with Gasteiger partial charge in [-0.25, -0.2) is 0 Å². The molecule has 0 aliphatic rings. The van der Waals surface area contributed by atoms with E-state index < -0.39 is 0 Å². The Balaban J connectivity index is 1.62. The highest BCUT2D eigenvalue weighted by atomic mass is 16.2. The Hall–Kier alpha value is -3.60. The summed E-state index contributed by atoms with van der Waals surface area (Å²) in [4.78, 5) is 24.7. The van der Waals surface area contributed by atoms with E-state index in [-0.39, 0.29) is 18.4 Å². The van der Waals surface area contributed by atoms with Crippen molar-refractivity contribution in [3.63, 3.8) is 0 Å². The lowest BCUT2D eigenvalue weighted by Crippen LogP contribution is -2.22. The first-order valence-electron chi connectivity index (χ1n) is 9.50. The lowest BCUT2D eigenvalue weighted by Gasteiger charge is -2.13. The lowest BCUT2D eigenvalue weighted by molar-refractivity contribution is -0.114. The minimum absolute atomic E-state index is 0.129. The van der Waals surface area contributed by atoms with Crippen LogP contribution in [0.2, 0.25) is 0 Å². The molecule has 148 valence electrons. The van der Waals surface area contributed by atoms with Crippen LogP contribution < -0.4 is 16.0 Å². The second-order valence-electron chi connectivity index (χ2n) is 7.07. The highest BCUT2D eigenvalue weighted by Gasteiger charge is 2.09. The van der Waals surface area contributed by atoms with Gasteiger partial charge in [-0.1, -0.05) is 42.0 Å².